The van der Waals surface area contributed by atoms with Gasteiger partial charge in [-0.2, -0.15) is 5.10 Å². The van der Waals surface area contributed by atoms with Gasteiger partial charge in [0.1, 0.15) is 0 Å². The summed E-state index contributed by atoms with van der Waals surface area (Å²) in [5.74, 6) is 1.06. The van der Waals surface area contributed by atoms with Crippen molar-refractivity contribution in [1.82, 2.24) is 14.6 Å². The molecule has 0 aromatic carbocycles. The minimum Gasteiger partial charge on any atom is -0.477 e. The van der Waals surface area contributed by atoms with Crippen LogP contribution in [0.2, 0.25) is 0 Å². The maximum atomic E-state index is 11.3. The highest BCUT2D eigenvalue weighted by Gasteiger charge is 2.25. The number of unbranched alkanes of at least 4 members (excludes halogenated alkanes) is 1. The molecular weight excluding hydrogens is 278 g/mol. The van der Waals surface area contributed by atoms with Gasteiger partial charge < -0.3 is 5.11 Å². The molecule has 1 aliphatic carbocycles. The molecule has 5 nitrogen and oxygen atoms in total. The molecule has 2 aromatic heterocycles. The molecule has 1 N–H and O–H groups in total. The van der Waals surface area contributed by atoms with E-state index in [4.69, 9.17) is 0 Å². The van der Waals surface area contributed by atoms with Crippen LogP contribution in [0.25, 0.3) is 5.65 Å². The van der Waals surface area contributed by atoms with Gasteiger partial charge >= 0.3 is 5.97 Å². The summed E-state index contributed by atoms with van der Waals surface area (Å²) in [5.41, 5.74) is 0.802. The molecular formula is C17H23N3O2. The second kappa shape index (κ2) is 6.46. The third kappa shape index (κ3) is 2.98. The van der Waals surface area contributed by atoms with Gasteiger partial charge in [0.2, 0.25) is 0 Å². The van der Waals surface area contributed by atoms with Crippen LogP contribution < -0.4 is 0 Å². The molecule has 5 heteroatoms. The number of aromatic nitrogens is 3. The fourth-order valence-electron chi connectivity index (χ4n) is 3.46. The average molecular weight is 301 g/mol. The van der Waals surface area contributed by atoms with Crippen molar-refractivity contribution in [2.24, 2.45) is 5.92 Å². The molecule has 3 rings (SSSR count). The third-order valence-electron chi connectivity index (χ3n) is 4.77. The van der Waals surface area contributed by atoms with Crippen LogP contribution in [0.1, 0.15) is 74.1 Å². The molecule has 118 valence electrons. The fourth-order valence-corrected chi connectivity index (χ4v) is 3.46. The lowest BCUT2D eigenvalue weighted by molar-refractivity contribution is 0.0687. The van der Waals surface area contributed by atoms with Gasteiger partial charge in [-0.15, -0.1) is 0 Å². The van der Waals surface area contributed by atoms with Crippen molar-refractivity contribution < 1.29 is 9.90 Å². The highest BCUT2D eigenvalue weighted by molar-refractivity contribution is 5.86. The maximum Gasteiger partial charge on any atom is 0.354 e. The lowest BCUT2D eigenvalue weighted by Crippen LogP contribution is -2.14. The predicted molar refractivity (Wildman–Crippen MR) is 84.2 cm³/mol. The summed E-state index contributed by atoms with van der Waals surface area (Å²) in [6.07, 6.45) is 8.65. The van der Waals surface area contributed by atoms with Gasteiger partial charge in [0.05, 0.1) is 0 Å². The molecule has 0 saturated heterocycles. The summed E-state index contributed by atoms with van der Waals surface area (Å²) >= 11 is 0. The van der Waals surface area contributed by atoms with Crippen LogP contribution in [0.5, 0.6) is 0 Å². The zero-order valence-corrected chi connectivity index (χ0v) is 13.0. The fraction of sp³-hybridized carbons (Fsp3) is 0.588. The number of rotatable bonds is 5. The van der Waals surface area contributed by atoms with Crippen molar-refractivity contribution in [2.75, 3.05) is 0 Å². The van der Waals surface area contributed by atoms with E-state index in [1.807, 2.05) is 6.07 Å². The number of fused-ring (bicyclic) bond motifs is 1. The SMILES string of the molecule is CCCCC1CCC(c2nc3cccc(C(=O)O)n3n2)CC1. The number of carbonyl (C=O) groups is 1. The van der Waals surface area contributed by atoms with Crippen molar-refractivity contribution in [1.29, 1.82) is 0 Å². The Kier molecular flexibility index (Phi) is 4.41. The van der Waals surface area contributed by atoms with Gasteiger partial charge in [0.25, 0.3) is 0 Å². The van der Waals surface area contributed by atoms with Crippen molar-refractivity contribution in [3.63, 3.8) is 0 Å². The van der Waals surface area contributed by atoms with Crippen molar-refractivity contribution in [3.8, 4) is 0 Å². The Bertz CT molecular complexity index is 657. The van der Waals surface area contributed by atoms with E-state index in [-0.39, 0.29) is 5.69 Å². The summed E-state index contributed by atoms with van der Waals surface area (Å²) in [7, 11) is 0. The summed E-state index contributed by atoms with van der Waals surface area (Å²) in [5, 5.41) is 13.7. The zero-order chi connectivity index (χ0) is 15.5. The van der Waals surface area contributed by atoms with Crippen LogP contribution >= 0.6 is 0 Å². The van der Waals surface area contributed by atoms with Crippen LogP contribution in [0.3, 0.4) is 0 Å². The first-order valence-corrected chi connectivity index (χ1v) is 8.28. The summed E-state index contributed by atoms with van der Waals surface area (Å²) in [6, 6.07) is 5.10. The molecule has 1 aliphatic rings. The molecule has 2 aromatic rings. The highest BCUT2D eigenvalue weighted by Crippen LogP contribution is 2.36. The van der Waals surface area contributed by atoms with Crippen molar-refractivity contribution in [2.45, 2.75) is 57.8 Å². The molecule has 0 amide bonds. The first-order valence-electron chi connectivity index (χ1n) is 8.28. The normalized spacial score (nSPS) is 22.0. The summed E-state index contributed by atoms with van der Waals surface area (Å²) in [4.78, 5) is 15.8. The van der Waals surface area contributed by atoms with Crippen molar-refractivity contribution >= 4 is 11.6 Å². The Morgan fingerprint density at radius 3 is 2.77 bits per heavy atom. The molecule has 0 aliphatic heterocycles. The Morgan fingerprint density at radius 2 is 2.09 bits per heavy atom. The number of carboxylic acid groups (broad SMARTS) is 1. The lowest BCUT2D eigenvalue weighted by Gasteiger charge is -2.26. The predicted octanol–water partition coefficient (Wildman–Crippen LogP) is 3.89. The number of aromatic carboxylic acids is 1. The van der Waals surface area contributed by atoms with E-state index >= 15 is 0 Å². The lowest BCUT2D eigenvalue weighted by atomic mass is 9.79. The molecule has 1 saturated carbocycles. The maximum absolute atomic E-state index is 11.3. The Balaban J connectivity index is 1.75. The standard InChI is InChI=1S/C17H23N3O2/c1-2-3-5-12-8-10-13(11-9-12)16-18-15-7-4-6-14(17(21)22)20(15)19-16/h4,6-7,12-13H,2-3,5,8-11H2,1H3,(H,21,22). The minimum atomic E-state index is -0.967. The van der Waals surface area contributed by atoms with E-state index in [2.05, 4.69) is 17.0 Å². The molecule has 0 atom stereocenters. The third-order valence-corrected chi connectivity index (χ3v) is 4.77. The molecule has 2 heterocycles. The van der Waals surface area contributed by atoms with Gasteiger partial charge in [-0.25, -0.2) is 14.3 Å². The van der Waals surface area contributed by atoms with E-state index in [1.54, 1.807) is 12.1 Å². The van der Waals surface area contributed by atoms with E-state index in [0.717, 1.165) is 24.6 Å². The van der Waals surface area contributed by atoms with Gasteiger partial charge in [-0.05, 0) is 43.7 Å². The van der Waals surface area contributed by atoms with Gasteiger partial charge in [0.15, 0.2) is 17.2 Å². The summed E-state index contributed by atoms with van der Waals surface area (Å²) in [6.45, 7) is 2.24. The topological polar surface area (TPSA) is 67.5 Å². The quantitative estimate of drug-likeness (QED) is 0.909. The Hall–Kier alpha value is -1.91. The van der Waals surface area contributed by atoms with E-state index in [0.29, 0.717) is 11.6 Å². The van der Waals surface area contributed by atoms with Crippen LogP contribution in [-0.2, 0) is 0 Å². The summed E-state index contributed by atoms with van der Waals surface area (Å²) < 4.78 is 1.46. The highest BCUT2D eigenvalue weighted by atomic mass is 16.4. The molecule has 0 bridgehead atoms. The molecule has 1 fully saturated rings. The minimum absolute atomic E-state index is 0.174. The van der Waals surface area contributed by atoms with E-state index in [1.165, 1.54) is 36.6 Å². The second-order valence-electron chi connectivity index (χ2n) is 6.32. The smallest absolute Gasteiger partial charge is 0.354 e. The van der Waals surface area contributed by atoms with Crippen LogP contribution in [0.4, 0.5) is 0 Å². The number of carboxylic acids is 1. The largest absolute Gasteiger partial charge is 0.477 e. The molecule has 0 unspecified atom stereocenters. The molecule has 22 heavy (non-hydrogen) atoms. The molecule has 0 radical (unpaired) electrons. The van der Waals surface area contributed by atoms with Crippen molar-refractivity contribution in [3.05, 3.63) is 29.7 Å². The van der Waals surface area contributed by atoms with Crippen LogP contribution in [0.15, 0.2) is 18.2 Å². The van der Waals surface area contributed by atoms with E-state index in [9.17, 15) is 9.90 Å². The van der Waals surface area contributed by atoms with Gasteiger partial charge in [-0.1, -0.05) is 32.3 Å². The number of pyridine rings is 1. The monoisotopic (exact) mass is 301 g/mol. The zero-order valence-electron chi connectivity index (χ0n) is 13.0. The second-order valence-corrected chi connectivity index (χ2v) is 6.32. The first kappa shape index (κ1) is 15.0. The van der Waals surface area contributed by atoms with Crippen LogP contribution in [-0.4, -0.2) is 25.7 Å². The van der Waals surface area contributed by atoms with Gasteiger partial charge in [0, 0.05) is 5.92 Å². The Labute approximate surface area is 130 Å². The number of nitrogens with zero attached hydrogens (tertiary/aromatic N) is 3. The molecule has 0 spiro atoms. The Morgan fingerprint density at radius 1 is 1.32 bits per heavy atom. The van der Waals surface area contributed by atoms with Gasteiger partial charge in [-0.3, -0.25) is 0 Å². The van der Waals surface area contributed by atoms with E-state index < -0.39 is 5.97 Å². The number of hydrogen-bond acceptors (Lipinski definition) is 3. The van der Waals surface area contributed by atoms with Crippen LogP contribution in [0, 0.1) is 5.92 Å². The first-order chi connectivity index (χ1) is 10.7. The number of hydrogen-bond donors (Lipinski definition) is 1. The average Bonchev–Trinajstić information content (AvgIpc) is 2.97.